The molecule has 1 aromatic rings. The van der Waals surface area contributed by atoms with E-state index in [4.69, 9.17) is 14.3 Å². The van der Waals surface area contributed by atoms with Crippen molar-refractivity contribution in [3.63, 3.8) is 0 Å². The van der Waals surface area contributed by atoms with E-state index in [2.05, 4.69) is 76.4 Å². The Morgan fingerprint density at radius 1 is 1.03 bits per heavy atom. The molecule has 186 valence electrons. The second-order valence-electron chi connectivity index (χ2n) is 10.4. The highest BCUT2D eigenvalue weighted by Gasteiger charge is 2.38. The van der Waals surface area contributed by atoms with Gasteiger partial charge in [0.25, 0.3) is 0 Å². The van der Waals surface area contributed by atoms with Crippen LogP contribution in [0, 0.1) is 0 Å². The van der Waals surface area contributed by atoms with Crippen LogP contribution in [0.15, 0.2) is 66.3 Å². The Bertz CT molecular complexity index is 714. The van der Waals surface area contributed by atoms with Gasteiger partial charge < -0.3 is 14.3 Å². The Morgan fingerprint density at radius 3 is 2.42 bits per heavy atom. The Balaban J connectivity index is 2.39. The standard InChI is InChI=1S/C29H48O3Si/c1-26(24-30)18-15-16-22-28(32-33(5,6)29(2,3)4)21-14-9-7-8-10-17-23-31-25-27-19-12-11-13-20-27/h7,9,11-14,18-21,28,30H,8,10,15-17,22-25H2,1-6H3/b9-7+,21-14+,26-18+. The number of aliphatic hydroxyl groups excluding tert-OH is 1. The first-order valence-electron chi connectivity index (χ1n) is 12.5. The number of allylic oxidation sites excluding steroid dienone is 4. The van der Waals surface area contributed by atoms with E-state index in [0.717, 1.165) is 50.7 Å². The SMILES string of the molecule is C/C(=C\CCCC(/C=C/C=C/CCCCOCc1ccccc1)O[Si](C)(C)C(C)(C)C)CO. The van der Waals surface area contributed by atoms with E-state index in [-0.39, 0.29) is 17.7 Å². The molecule has 0 aliphatic carbocycles. The van der Waals surface area contributed by atoms with Crippen molar-refractivity contribution < 1.29 is 14.3 Å². The molecule has 33 heavy (non-hydrogen) atoms. The lowest BCUT2D eigenvalue weighted by atomic mass is 10.1. The summed E-state index contributed by atoms with van der Waals surface area (Å²) in [5.74, 6) is 0. The van der Waals surface area contributed by atoms with Gasteiger partial charge in [-0.25, -0.2) is 0 Å². The number of ether oxygens (including phenoxy) is 1. The van der Waals surface area contributed by atoms with Crippen LogP contribution in [0.5, 0.6) is 0 Å². The summed E-state index contributed by atoms with van der Waals surface area (Å²) in [4.78, 5) is 0. The van der Waals surface area contributed by atoms with Crippen LogP contribution in [0.2, 0.25) is 18.1 Å². The van der Waals surface area contributed by atoms with Crippen molar-refractivity contribution in [1.29, 1.82) is 0 Å². The molecule has 0 amide bonds. The van der Waals surface area contributed by atoms with Crippen LogP contribution in [-0.2, 0) is 15.8 Å². The third kappa shape index (κ3) is 13.7. The van der Waals surface area contributed by atoms with Gasteiger partial charge in [-0.05, 0) is 69.1 Å². The molecule has 1 rings (SSSR count). The number of rotatable bonds is 16. The molecule has 1 aromatic carbocycles. The van der Waals surface area contributed by atoms with E-state index in [1.807, 2.05) is 25.1 Å². The smallest absolute Gasteiger partial charge is 0.192 e. The van der Waals surface area contributed by atoms with Crippen LogP contribution >= 0.6 is 0 Å². The fourth-order valence-electron chi connectivity index (χ4n) is 3.08. The minimum atomic E-state index is -1.82. The van der Waals surface area contributed by atoms with Crippen LogP contribution in [0.3, 0.4) is 0 Å². The summed E-state index contributed by atoms with van der Waals surface area (Å²) in [6, 6.07) is 10.3. The van der Waals surface area contributed by atoms with Crippen molar-refractivity contribution >= 4 is 8.32 Å². The molecule has 1 N–H and O–H groups in total. The molecule has 0 saturated heterocycles. The van der Waals surface area contributed by atoms with Crippen molar-refractivity contribution in [2.45, 2.75) is 97.1 Å². The fourth-order valence-corrected chi connectivity index (χ4v) is 4.38. The highest BCUT2D eigenvalue weighted by atomic mass is 28.4. The Labute approximate surface area is 204 Å². The van der Waals surface area contributed by atoms with Gasteiger partial charge in [-0.2, -0.15) is 0 Å². The molecule has 0 aliphatic heterocycles. The van der Waals surface area contributed by atoms with Gasteiger partial charge in [-0.1, -0.05) is 87.1 Å². The molecule has 0 spiro atoms. The first-order chi connectivity index (χ1) is 15.7. The monoisotopic (exact) mass is 472 g/mol. The number of hydrogen-bond donors (Lipinski definition) is 1. The van der Waals surface area contributed by atoms with E-state index in [0.29, 0.717) is 6.61 Å². The zero-order chi connectivity index (χ0) is 24.6. The largest absolute Gasteiger partial charge is 0.411 e. The second kappa shape index (κ2) is 16.2. The van der Waals surface area contributed by atoms with Crippen molar-refractivity contribution in [3.8, 4) is 0 Å². The van der Waals surface area contributed by atoms with E-state index in [9.17, 15) is 0 Å². The summed E-state index contributed by atoms with van der Waals surface area (Å²) < 4.78 is 12.4. The van der Waals surface area contributed by atoms with Gasteiger partial charge in [0.05, 0.1) is 19.3 Å². The minimum absolute atomic E-state index is 0.143. The predicted octanol–water partition coefficient (Wildman–Crippen LogP) is 7.99. The fraction of sp³-hybridized carbons (Fsp3) is 0.586. The first kappa shape index (κ1) is 29.6. The highest BCUT2D eigenvalue weighted by Crippen LogP contribution is 2.38. The predicted molar refractivity (Wildman–Crippen MR) is 145 cm³/mol. The first-order valence-corrected chi connectivity index (χ1v) is 15.5. The van der Waals surface area contributed by atoms with Crippen molar-refractivity contribution in [2.24, 2.45) is 0 Å². The molecule has 1 unspecified atom stereocenters. The molecular formula is C29H48O3Si. The summed E-state index contributed by atoms with van der Waals surface area (Å²) in [7, 11) is -1.82. The second-order valence-corrected chi connectivity index (χ2v) is 15.2. The van der Waals surface area contributed by atoms with Gasteiger partial charge in [-0.3, -0.25) is 0 Å². The maximum absolute atomic E-state index is 9.17. The quantitative estimate of drug-likeness (QED) is 0.115. The summed E-state index contributed by atoms with van der Waals surface area (Å²) in [6.45, 7) is 15.1. The lowest BCUT2D eigenvalue weighted by Crippen LogP contribution is -2.43. The van der Waals surface area contributed by atoms with E-state index >= 15 is 0 Å². The van der Waals surface area contributed by atoms with E-state index < -0.39 is 8.32 Å². The molecule has 0 aliphatic rings. The molecule has 0 heterocycles. The third-order valence-corrected chi connectivity index (χ3v) is 10.8. The van der Waals surface area contributed by atoms with E-state index in [1.165, 1.54) is 5.56 Å². The lowest BCUT2D eigenvalue weighted by molar-refractivity contribution is 0.117. The normalized spacial score (nSPS) is 14.5. The molecule has 0 aromatic heterocycles. The number of hydrogen-bond acceptors (Lipinski definition) is 3. The van der Waals surface area contributed by atoms with Gasteiger partial charge in [0.2, 0.25) is 0 Å². The van der Waals surface area contributed by atoms with Gasteiger partial charge >= 0.3 is 0 Å². The Kier molecular flexibility index (Phi) is 14.5. The summed E-state index contributed by atoms with van der Waals surface area (Å²) >= 11 is 0. The topological polar surface area (TPSA) is 38.7 Å². The molecule has 1 atom stereocenters. The highest BCUT2D eigenvalue weighted by molar-refractivity contribution is 6.74. The molecule has 0 saturated carbocycles. The molecular weight excluding hydrogens is 424 g/mol. The van der Waals surface area contributed by atoms with Gasteiger partial charge in [-0.15, -0.1) is 0 Å². The van der Waals surface area contributed by atoms with Crippen LogP contribution in [0.25, 0.3) is 0 Å². The van der Waals surface area contributed by atoms with Gasteiger partial charge in [0.1, 0.15) is 0 Å². The lowest BCUT2D eigenvalue weighted by Gasteiger charge is -2.38. The molecule has 0 fully saturated rings. The average Bonchev–Trinajstić information content (AvgIpc) is 2.77. The number of benzene rings is 1. The Hall–Kier alpha value is -1.46. The molecule has 0 radical (unpaired) electrons. The molecule has 3 nitrogen and oxygen atoms in total. The van der Waals surface area contributed by atoms with Crippen molar-refractivity contribution in [1.82, 2.24) is 0 Å². The zero-order valence-corrected chi connectivity index (χ0v) is 23.0. The van der Waals surface area contributed by atoms with E-state index in [1.54, 1.807) is 0 Å². The average molecular weight is 473 g/mol. The van der Waals surface area contributed by atoms with Crippen molar-refractivity contribution in [2.75, 3.05) is 13.2 Å². The van der Waals surface area contributed by atoms with Crippen LogP contribution in [0.4, 0.5) is 0 Å². The maximum Gasteiger partial charge on any atom is 0.192 e. The Morgan fingerprint density at radius 2 is 1.76 bits per heavy atom. The molecule has 4 heteroatoms. The van der Waals surface area contributed by atoms with Crippen LogP contribution < -0.4 is 0 Å². The number of unbranched alkanes of at least 4 members (excludes halogenated alkanes) is 3. The van der Waals surface area contributed by atoms with Gasteiger partial charge in [0, 0.05) is 6.61 Å². The summed E-state index contributed by atoms with van der Waals surface area (Å²) in [5.41, 5.74) is 2.28. The van der Waals surface area contributed by atoms with Crippen LogP contribution in [0.1, 0.15) is 71.8 Å². The van der Waals surface area contributed by atoms with Crippen molar-refractivity contribution in [3.05, 3.63) is 71.8 Å². The van der Waals surface area contributed by atoms with Crippen LogP contribution in [-0.4, -0.2) is 32.7 Å². The maximum atomic E-state index is 9.17. The summed E-state index contributed by atoms with van der Waals surface area (Å²) in [6.07, 6.45) is 17.4. The third-order valence-electron chi connectivity index (χ3n) is 6.28. The number of aliphatic hydroxyl groups is 1. The van der Waals surface area contributed by atoms with Gasteiger partial charge in [0.15, 0.2) is 8.32 Å². The zero-order valence-electron chi connectivity index (χ0n) is 22.0. The molecule has 0 bridgehead atoms. The minimum Gasteiger partial charge on any atom is -0.411 e. The summed E-state index contributed by atoms with van der Waals surface area (Å²) in [5, 5.41) is 9.37.